The Kier molecular flexibility index (Phi) is 9.71. The molecule has 8 N–H and O–H groups in total. The van der Waals surface area contributed by atoms with Crippen molar-refractivity contribution < 1.29 is 24.6 Å². The van der Waals surface area contributed by atoms with Gasteiger partial charge in [0.05, 0.1) is 19.3 Å². The van der Waals surface area contributed by atoms with Gasteiger partial charge < -0.3 is 32.3 Å². The van der Waals surface area contributed by atoms with E-state index in [2.05, 4.69) is 10.6 Å². The van der Waals surface area contributed by atoms with Crippen LogP contribution in [-0.4, -0.2) is 71.3 Å². The zero-order valence-electron chi connectivity index (χ0n) is 11.7. The van der Waals surface area contributed by atoms with Crippen LogP contribution in [0.25, 0.3) is 0 Å². The van der Waals surface area contributed by atoms with E-state index in [0.717, 1.165) is 0 Å². The summed E-state index contributed by atoms with van der Waals surface area (Å²) < 4.78 is 0. The maximum atomic E-state index is 11.8. The molecule has 9 nitrogen and oxygen atoms in total. The summed E-state index contributed by atoms with van der Waals surface area (Å²) in [5.41, 5.74) is 10.6. The number of aliphatic hydroxyl groups excluding tert-OH is 2. The minimum Gasteiger partial charge on any atom is -0.394 e. The number of nitrogens with one attached hydrogen (secondary N) is 2. The number of aliphatic hydroxyl groups is 2. The van der Waals surface area contributed by atoms with E-state index in [1.807, 2.05) is 6.26 Å². The third-order valence-corrected chi connectivity index (χ3v) is 3.27. The summed E-state index contributed by atoms with van der Waals surface area (Å²) in [7, 11) is 0. The second-order valence-electron chi connectivity index (χ2n) is 4.28. The van der Waals surface area contributed by atoms with Crippen LogP contribution in [0.1, 0.15) is 6.42 Å². The Labute approximate surface area is 126 Å². The monoisotopic (exact) mass is 322 g/mol. The highest BCUT2D eigenvalue weighted by Crippen LogP contribution is 1.99. The Bertz CT molecular complexity index is 369. The van der Waals surface area contributed by atoms with E-state index in [-0.39, 0.29) is 0 Å². The molecular weight excluding hydrogens is 300 g/mol. The second-order valence-corrected chi connectivity index (χ2v) is 5.26. The molecule has 122 valence electrons. The van der Waals surface area contributed by atoms with Crippen LogP contribution in [0.4, 0.5) is 0 Å². The zero-order chi connectivity index (χ0) is 16.4. The fraction of sp³-hybridized carbons (Fsp3) is 0.727. The zero-order valence-corrected chi connectivity index (χ0v) is 12.6. The number of carbonyl (C=O) groups is 3. The number of carbonyl (C=O) groups excluding carboxylic acids is 3. The Hall–Kier alpha value is -1.36. The quantitative estimate of drug-likeness (QED) is 0.242. The molecule has 0 spiro atoms. The molecule has 0 aromatic carbocycles. The second kappa shape index (κ2) is 10.4. The molecule has 3 amide bonds. The number of amides is 3. The van der Waals surface area contributed by atoms with Gasteiger partial charge in [0.1, 0.15) is 12.1 Å². The SMILES string of the molecule is CSCC[C@H](N)C(=O)N[C@@H](CO)C(=O)N[C@@H](CO)C(N)=O. The molecule has 0 heterocycles. The van der Waals surface area contributed by atoms with Gasteiger partial charge in [0, 0.05) is 0 Å². The first-order valence-electron chi connectivity index (χ1n) is 6.23. The maximum absolute atomic E-state index is 11.8. The number of hydrogen-bond donors (Lipinski definition) is 6. The molecule has 0 radical (unpaired) electrons. The summed E-state index contributed by atoms with van der Waals surface area (Å²) in [6.45, 7) is -1.36. The van der Waals surface area contributed by atoms with Crippen LogP contribution < -0.4 is 22.1 Å². The van der Waals surface area contributed by atoms with Gasteiger partial charge in [0.15, 0.2) is 0 Å². The molecule has 0 aromatic heterocycles. The van der Waals surface area contributed by atoms with Crippen molar-refractivity contribution in [3.05, 3.63) is 0 Å². The normalized spacial score (nSPS) is 14.9. The van der Waals surface area contributed by atoms with Crippen molar-refractivity contribution in [2.45, 2.75) is 24.5 Å². The molecule has 0 bridgehead atoms. The highest BCUT2D eigenvalue weighted by molar-refractivity contribution is 7.98. The van der Waals surface area contributed by atoms with E-state index < -0.39 is 49.1 Å². The topological polar surface area (TPSA) is 168 Å². The van der Waals surface area contributed by atoms with Crippen LogP contribution in [-0.2, 0) is 14.4 Å². The standard InChI is InChI=1S/C11H22N4O5S/c1-21-3-2-6(12)10(19)15-8(5-17)11(20)14-7(4-16)9(13)18/h6-8,16-17H,2-5,12H2,1H3,(H2,13,18)(H,14,20)(H,15,19)/t6-,7-,8-/m0/s1. The fourth-order valence-corrected chi connectivity index (χ4v) is 1.82. The van der Waals surface area contributed by atoms with Crippen molar-refractivity contribution in [3.63, 3.8) is 0 Å². The Morgan fingerprint density at radius 2 is 1.62 bits per heavy atom. The predicted octanol–water partition coefficient (Wildman–Crippen LogP) is -3.49. The number of primary amides is 1. The van der Waals surface area contributed by atoms with E-state index in [1.165, 1.54) is 11.8 Å². The smallest absolute Gasteiger partial charge is 0.245 e. The van der Waals surface area contributed by atoms with Crippen molar-refractivity contribution >= 4 is 29.5 Å². The van der Waals surface area contributed by atoms with Crippen molar-refractivity contribution in [3.8, 4) is 0 Å². The molecule has 0 aliphatic heterocycles. The minimum absolute atomic E-state index is 0.424. The van der Waals surface area contributed by atoms with Crippen LogP contribution in [0.15, 0.2) is 0 Å². The molecule has 0 aliphatic rings. The molecule has 3 atom stereocenters. The van der Waals surface area contributed by atoms with Gasteiger partial charge in [-0.3, -0.25) is 14.4 Å². The lowest BCUT2D eigenvalue weighted by Gasteiger charge is -2.21. The van der Waals surface area contributed by atoms with Gasteiger partial charge >= 0.3 is 0 Å². The van der Waals surface area contributed by atoms with E-state index in [4.69, 9.17) is 21.7 Å². The highest BCUT2D eigenvalue weighted by atomic mass is 32.2. The molecule has 10 heteroatoms. The minimum atomic E-state index is -1.28. The third kappa shape index (κ3) is 7.27. The van der Waals surface area contributed by atoms with Crippen molar-refractivity contribution in [2.75, 3.05) is 25.2 Å². The van der Waals surface area contributed by atoms with Crippen LogP contribution in [0.5, 0.6) is 0 Å². The summed E-state index contributed by atoms with van der Waals surface area (Å²) in [6.07, 6.45) is 2.29. The van der Waals surface area contributed by atoms with Crippen LogP contribution in [0.3, 0.4) is 0 Å². The lowest BCUT2D eigenvalue weighted by atomic mass is 10.2. The molecular formula is C11H22N4O5S. The predicted molar refractivity (Wildman–Crippen MR) is 78.2 cm³/mol. The summed E-state index contributed by atoms with van der Waals surface area (Å²) in [4.78, 5) is 34.4. The largest absolute Gasteiger partial charge is 0.394 e. The van der Waals surface area contributed by atoms with Crippen molar-refractivity contribution in [1.29, 1.82) is 0 Å². The first-order chi connectivity index (χ1) is 9.87. The lowest BCUT2D eigenvalue weighted by molar-refractivity contribution is -0.133. The third-order valence-electron chi connectivity index (χ3n) is 2.63. The van der Waals surface area contributed by atoms with Gasteiger partial charge in [-0.25, -0.2) is 0 Å². The first-order valence-corrected chi connectivity index (χ1v) is 7.63. The van der Waals surface area contributed by atoms with E-state index >= 15 is 0 Å². The van der Waals surface area contributed by atoms with Gasteiger partial charge in [-0.1, -0.05) is 0 Å². The van der Waals surface area contributed by atoms with Gasteiger partial charge in [-0.05, 0) is 18.4 Å². The van der Waals surface area contributed by atoms with Crippen LogP contribution in [0, 0.1) is 0 Å². The van der Waals surface area contributed by atoms with Crippen molar-refractivity contribution in [1.82, 2.24) is 10.6 Å². The molecule has 0 saturated heterocycles. The van der Waals surface area contributed by atoms with Crippen LogP contribution >= 0.6 is 11.8 Å². The molecule has 0 aliphatic carbocycles. The molecule has 0 rings (SSSR count). The molecule has 0 unspecified atom stereocenters. The summed E-state index contributed by atoms with van der Waals surface area (Å²) >= 11 is 1.53. The molecule has 0 fully saturated rings. The number of hydrogen-bond acceptors (Lipinski definition) is 7. The molecule has 0 saturated carbocycles. The Balaban J connectivity index is 4.52. The average molecular weight is 322 g/mol. The molecule has 0 aromatic rings. The van der Waals surface area contributed by atoms with Gasteiger partial charge in [-0.15, -0.1) is 0 Å². The summed E-state index contributed by atoms with van der Waals surface area (Å²) in [5.74, 6) is -1.66. The van der Waals surface area contributed by atoms with Gasteiger partial charge in [-0.2, -0.15) is 11.8 Å². The van der Waals surface area contributed by atoms with Crippen molar-refractivity contribution in [2.24, 2.45) is 11.5 Å². The maximum Gasteiger partial charge on any atom is 0.245 e. The number of nitrogens with two attached hydrogens (primary N) is 2. The molecule has 21 heavy (non-hydrogen) atoms. The Morgan fingerprint density at radius 3 is 2.05 bits per heavy atom. The summed E-state index contributed by atoms with van der Waals surface area (Å²) in [5, 5.41) is 22.4. The first kappa shape index (κ1) is 19.6. The van der Waals surface area contributed by atoms with E-state index in [1.54, 1.807) is 0 Å². The number of thioether (sulfide) groups is 1. The summed E-state index contributed by atoms with van der Waals surface area (Å²) in [6, 6.07) is -3.36. The van der Waals surface area contributed by atoms with Crippen LogP contribution in [0.2, 0.25) is 0 Å². The van der Waals surface area contributed by atoms with E-state index in [0.29, 0.717) is 12.2 Å². The fourth-order valence-electron chi connectivity index (χ4n) is 1.33. The van der Waals surface area contributed by atoms with Gasteiger partial charge in [0.2, 0.25) is 17.7 Å². The Morgan fingerprint density at radius 1 is 1.10 bits per heavy atom. The van der Waals surface area contributed by atoms with Gasteiger partial charge in [0.25, 0.3) is 0 Å². The number of rotatable bonds is 10. The van der Waals surface area contributed by atoms with E-state index in [9.17, 15) is 14.4 Å². The lowest BCUT2D eigenvalue weighted by Crippen LogP contribution is -2.57. The highest BCUT2D eigenvalue weighted by Gasteiger charge is 2.26. The average Bonchev–Trinajstić information content (AvgIpc) is 2.46.